The molecule has 14 nitrogen and oxygen atoms in total. The molecule has 0 bridgehead atoms. The lowest BCUT2D eigenvalue weighted by atomic mass is 9.86. The molecule has 0 unspecified atom stereocenters. The van der Waals surface area contributed by atoms with Gasteiger partial charge < -0.3 is 0 Å². The van der Waals surface area contributed by atoms with Crippen LogP contribution in [0.4, 0.5) is 11.4 Å². The fourth-order valence-corrected chi connectivity index (χ4v) is 11.7. The summed E-state index contributed by atoms with van der Waals surface area (Å²) in [6.45, 7) is 4.36. The predicted octanol–water partition coefficient (Wildman–Crippen LogP) is 14.5. The molecule has 4 aromatic heterocycles. The first kappa shape index (κ1) is 46.6. The van der Waals surface area contributed by atoms with Crippen molar-refractivity contribution in [1.82, 2.24) is 18.8 Å². The van der Waals surface area contributed by atoms with E-state index >= 15 is 0 Å². The lowest BCUT2D eigenvalue weighted by molar-refractivity contribution is -0.385. The average Bonchev–Trinajstić information content (AvgIpc) is 3.96. The molecule has 0 aliphatic rings. The zero-order valence-corrected chi connectivity index (χ0v) is 40.6. The van der Waals surface area contributed by atoms with E-state index in [2.05, 4.69) is 13.8 Å². The van der Waals surface area contributed by atoms with Crippen LogP contribution in [0.1, 0.15) is 150 Å². The van der Waals surface area contributed by atoms with Crippen molar-refractivity contribution < 1.29 is 19.4 Å². The third-order valence-corrected chi connectivity index (χ3v) is 15.3. The van der Waals surface area contributed by atoms with Gasteiger partial charge in [0.15, 0.2) is 11.6 Å². The Morgan fingerprint density at radius 1 is 0.444 bits per heavy atom. The maximum Gasteiger partial charge on any atom is 0.282 e. The number of carbonyl (C=O) groups excluding carboxylic acids is 2. The standard InChI is InChI=1S/C58H54N6O8/c1-3-5-7-9-11-13-15-17-19-49(65)41-29-43-48(32-46(41)64(71)72)62-55(59-43)37-25-21-33-35-23-27-39-54-38(26-22-34(52(35)54)36-24-28-40(58(62)68)53(37)51(33)36)56-60-44-31-45(63(69)70)42(30-47(44)61(56)57(39)67)50(66)20-18-16-14-12-10-8-6-4-2/h21-32H,3-20H2,1-2H3. The van der Waals surface area contributed by atoms with Gasteiger partial charge in [-0.2, -0.15) is 0 Å². The third-order valence-electron chi connectivity index (χ3n) is 15.3. The van der Waals surface area contributed by atoms with Gasteiger partial charge in [0.1, 0.15) is 11.3 Å². The third kappa shape index (κ3) is 7.52. The number of pyridine rings is 2. The summed E-state index contributed by atoms with van der Waals surface area (Å²) >= 11 is 0. The van der Waals surface area contributed by atoms with Gasteiger partial charge in [0, 0.05) is 57.3 Å². The molecule has 4 heterocycles. The van der Waals surface area contributed by atoms with Crippen molar-refractivity contribution in [2.45, 2.75) is 129 Å². The zero-order chi connectivity index (χ0) is 49.9. The van der Waals surface area contributed by atoms with Crippen molar-refractivity contribution in [3.63, 3.8) is 0 Å². The molecule has 364 valence electrons. The first-order chi connectivity index (χ1) is 35.0. The van der Waals surface area contributed by atoms with Crippen molar-refractivity contribution in [2.24, 2.45) is 0 Å². The Labute approximate surface area is 411 Å². The molecular weight excluding hydrogens is 909 g/mol. The van der Waals surface area contributed by atoms with Crippen LogP contribution in [0, 0.1) is 20.2 Å². The zero-order valence-electron chi connectivity index (χ0n) is 40.6. The van der Waals surface area contributed by atoms with Gasteiger partial charge in [0.2, 0.25) is 0 Å². The second-order valence-electron chi connectivity index (χ2n) is 19.8. The number of hydrogen-bond acceptors (Lipinski definition) is 10. The summed E-state index contributed by atoms with van der Waals surface area (Å²) in [6.07, 6.45) is 17.1. The summed E-state index contributed by atoms with van der Waals surface area (Å²) in [6, 6.07) is 20.7. The van der Waals surface area contributed by atoms with E-state index < -0.39 is 15.4 Å². The number of rotatable bonds is 22. The molecule has 0 aliphatic carbocycles. The second kappa shape index (κ2) is 18.8. The number of Topliss-reactive ketones (excluding diaryl/α,β-unsaturated/α-hetero) is 2. The molecule has 14 heteroatoms. The number of nitrogens with zero attached hydrogens (tertiary/aromatic N) is 6. The molecule has 0 spiro atoms. The number of benzene rings is 7. The SMILES string of the molecule is CCCCCCCCCCC(=O)c1cc2c(cc1[N+](=O)[O-])nc1c3ccc4c5ccc6c(=O)n7c8cc([N+](=O)[O-])c(C(=O)CCCCCCCCCC)cc8nc7c7ccc(c8ccc(c(=O)n21)c3c48)c5c67. The van der Waals surface area contributed by atoms with Gasteiger partial charge >= 0.3 is 0 Å². The van der Waals surface area contributed by atoms with E-state index in [4.69, 9.17) is 9.97 Å². The highest BCUT2D eigenvalue weighted by molar-refractivity contribution is 6.40. The molecule has 0 aliphatic heterocycles. The largest absolute Gasteiger partial charge is 0.294 e. The number of nitro benzene ring substituents is 2. The van der Waals surface area contributed by atoms with Crippen LogP contribution in [0.2, 0.25) is 0 Å². The van der Waals surface area contributed by atoms with Crippen molar-refractivity contribution in [2.75, 3.05) is 0 Å². The predicted molar refractivity (Wildman–Crippen MR) is 287 cm³/mol. The van der Waals surface area contributed by atoms with Gasteiger partial charge in [-0.15, -0.1) is 0 Å². The number of nitro groups is 2. The van der Waals surface area contributed by atoms with Crippen LogP contribution >= 0.6 is 0 Å². The summed E-state index contributed by atoms with van der Waals surface area (Å²) < 4.78 is 2.88. The highest BCUT2D eigenvalue weighted by Crippen LogP contribution is 2.46. The Bertz CT molecular complexity index is 4050. The number of carbonyl (C=O) groups is 2. The minimum Gasteiger partial charge on any atom is -0.294 e. The minimum absolute atomic E-state index is 0.0100. The van der Waals surface area contributed by atoms with Crippen LogP contribution in [0.5, 0.6) is 0 Å². The molecule has 0 saturated heterocycles. The van der Waals surface area contributed by atoms with Crippen LogP contribution in [0.3, 0.4) is 0 Å². The summed E-state index contributed by atoms with van der Waals surface area (Å²) in [5.41, 5.74) is 0.306. The van der Waals surface area contributed by atoms with Crippen LogP contribution < -0.4 is 11.1 Å². The smallest absolute Gasteiger partial charge is 0.282 e. The van der Waals surface area contributed by atoms with Gasteiger partial charge in [0.05, 0.1) is 43.0 Å². The number of unbranched alkanes of at least 4 members (excludes halogenated alkanes) is 14. The molecule has 0 amide bonds. The maximum absolute atomic E-state index is 14.8. The fraction of sp³-hybridized carbons (Fsp3) is 0.345. The monoisotopic (exact) mass is 962 g/mol. The summed E-state index contributed by atoms with van der Waals surface area (Å²) in [5, 5.41) is 33.4. The number of aromatic nitrogens is 4. The van der Waals surface area contributed by atoms with Crippen LogP contribution in [0.15, 0.2) is 82.4 Å². The van der Waals surface area contributed by atoms with Gasteiger partial charge in [-0.05, 0) is 81.6 Å². The van der Waals surface area contributed by atoms with Crippen molar-refractivity contribution >= 4 is 121 Å². The number of imidazole rings is 2. The van der Waals surface area contributed by atoms with Gasteiger partial charge in [-0.25, -0.2) is 9.97 Å². The molecular formula is C58H54N6O8. The van der Waals surface area contributed by atoms with Crippen LogP contribution in [-0.4, -0.2) is 40.2 Å². The Morgan fingerprint density at radius 2 is 0.778 bits per heavy atom. The quantitative estimate of drug-likeness (QED) is 0.0158. The Kier molecular flexibility index (Phi) is 12.2. The maximum atomic E-state index is 14.8. The topological polar surface area (TPSA) is 189 Å². The van der Waals surface area contributed by atoms with Crippen molar-refractivity contribution in [3.05, 3.63) is 125 Å². The van der Waals surface area contributed by atoms with Crippen molar-refractivity contribution in [3.8, 4) is 0 Å². The average molecular weight is 963 g/mol. The van der Waals surface area contributed by atoms with Gasteiger partial charge in [0.25, 0.3) is 22.5 Å². The Hall–Kier alpha value is -7.74. The van der Waals surface area contributed by atoms with Gasteiger partial charge in [-0.1, -0.05) is 128 Å². The number of fused-ring (bicyclic) bond motifs is 10. The molecule has 7 aromatic carbocycles. The van der Waals surface area contributed by atoms with E-state index in [9.17, 15) is 39.4 Å². The highest BCUT2D eigenvalue weighted by Gasteiger charge is 2.29. The van der Waals surface area contributed by atoms with E-state index in [0.717, 1.165) is 83.7 Å². The van der Waals surface area contributed by atoms with Crippen molar-refractivity contribution in [1.29, 1.82) is 0 Å². The number of hydrogen-bond donors (Lipinski definition) is 0. The highest BCUT2D eigenvalue weighted by atomic mass is 16.6. The normalized spacial score (nSPS) is 12.4. The first-order valence-corrected chi connectivity index (χ1v) is 25.8. The second-order valence-corrected chi connectivity index (χ2v) is 19.8. The van der Waals surface area contributed by atoms with E-state index in [0.29, 0.717) is 67.5 Å². The molecule has 72 heavy (non-hydrogen) atoms. The Balaban J connectivity index is 1.01. The molecule has 0 saturated carbocycles. The fourth-order valence-electron chi connectivity index (χ4n) is 11.7. The molecule has 0 radical (unpaired) electrons. The molecule has 0 N–H and O–H groups in total. The van der Waals surface area contributed by atoms with E-state index in [1.165, 1.54) is 71.6 Å². The molecule has 0 fully saturated rings. The summed E-state index contributed by atoms with van der Waals surface area (Å²) in [7, 11) is 0. The molecule has 0 atom stereocenters. The first-order valence-electron chi connectivity index (χ1n) is 25.8. The Morgan fingerprint density at radius 3 is 1.21 bits per heavy atom. The summed E-state index contributed by atoms with van der Waals surface area (Å²) in [5.74, 6) is -0.653. The minimum atomic E-state index is -0.562. The van der Waals surface area contributed by atoms with Gasteiger partial charge in [-0.3, -0.25) is 48.2 Å². The van der Waals surface area contributed by atoms with Crippen LogP contribution in [-0.2, 0) is 0 Å². The van der Waals surface area contributed by atoms with E-state index in [1.54, 1.807) is 12.1 Å². The lowest BCUT2D eigenvalue weighted by Gasteiger charge is -2.18. The lowest BCUT2D eigenvalue weighted by Crippen LogP contribution is -2.14. The van der Waals surface area contributed by atoms with E-state index in [1.807, 2.05) is 36.4 Å². The van der Waals surface area contributed by atoms with E-state index in [-0.39, 0.29) is 63.5 Å². The molecule has 11 rings (SSSR count). The molecule has 11 aromatic rings. The summed E-state index contributed by atoms with van der Waals surface area (Å²) in [4.78, 5) is 90.3. The number of ketones is 2. The van der Waals surface area contributed by atoms with Crippen LogP contribution in [0.25, 0.3) is 98.0 Å².